The number of aromatic hydroxyl groups is 2. The predicted octanol–water partition coefficient (Wildman–Crippen LogP) is 2.42. The van der Waals surface area contributed by atoms with Gasteiger partial charge in [0.05, 0.1) is 5.39 Å². The number of rotatable bonds is 0. The van der Waals surface area contributed by atoms with Gasteiger partial charge >= 0.3 is 5.63 Å². The van der Waals surface area contributed by atoms with Crippen molar-refractivity contribution in [3.63, 3.8) is 0 Å². The van der Waals surface area contributed by atoms with Gasteiger partial charge in [-0.25, -0.2) is 4.79 Å². The minimum absolute atomic E-state index is 0.0952. The SMILES string of the molecule is O=c1oc2cc(O)cc(O)c2c2ccsc12. The molecule has 5 heteroatoms. The largest absolute Gasteiger partial charge is 0.508 e. The van der Waals surface area contributed by atoms with Crippen molar-refractivity contribution in [2.24, 2.45) is 0 Å². The second kappa shape index (κ2) is 2.99. The minimum atomic E-state index is -0.456. The molecule has 0 saturated heterocycles. The van der Waals surface area contributed by atoms with Crippen molar-refractivity contribution in [3.8, 4) is 11.5 Å². The molecule has 0 aliphatic rings. The summed E-state index contributed by atoms with van der Waals surface area (Å²) in [5.74, 6) is -0.232. The first-order valence-corrected chi connectivity index (χ1v) is 5.41. The van der Waals surface area contributed by atoms with E-state index in [4.69, 9.17) is 4.42 Å². The van der Waals surface area contributed by atoms with Crippen molar-refractivity contribution in [2.75, 3.05) is 0 Å². The first-order valence-electron chi connectivity index (χ1n) is 4.53. The van der Waals surface area contributed by atoms with Crippen LogP contribution in [0.15, 0.2) is 32.8 Å². The van der Waals surface area contributed by atoms with E-state index in [2.05, 4.69) is 0 Å². The van der Waals surface area contributed by atoms with Crippen LogP contribution in [0.2, 0.25) is 0 Å². The molecule has 0 radical (unpaired) electrons. The molecule has 0 atom stereocenters. The Kier molecular flexibility index (Phi) is 1.73. The quantitative estimate of drug-likeness (QED) is 0.586. The summed E-state index contributed by atoms with van der Waals surface area (Å²) in [5.41, 5.74) is -0.268. The standard InChI is InChI=1S/C11H6O4S/c12-5-3-7(13)9-6-1-2-16-10(6)11(14)15-8(9)4-5/h1-4,12-13H. The lowest BCUT2D eigenvalue weighted by molar-refractivity contribution is 0.452. The molecule has 0 saturated carbocycles. The molecule has 0 amide bonds. The van der Waals surface area contributed by atoms with Gasteiger partial charge in [-0.05, 0) is 11.4 Å². The van der Waals surface area contributed by atoms with Crippen LogP contribution < -0.4 is 5.63 Å². The van der Waals surface area contributed by atoms with E-state index < -0.39 is 5.63 Å². The molecule has 0 fully saturated rings. The molecular weight excluding hydrogens is 228 g/mol. The van der Waals surface area contributed by atoms with Crippen LogP contribution >= 0.6 is 11.3 Å². The molecule has 80 valence electrons. The summed E-state index contributed by atoms with van der Waals surface area (Å²) >= 11 is 1.26. The molecule has 0 aliphatic carbocycles. The fourth-order valence-electron chi connectivity index (χ4n) is 1.75. The normalized spacial score (nSPS) is 11.2. The molecule has 4 nitrogen and oxygen atoms in total. The smallest absolute Gasteiger partial charge is 0.354 e. The molecule has 3 aromatic rings. The Hall–Kier alpha value is -2.01. The Morgan fingerprint density at radius 1 is 1.25 bits per heavy atom. The van der Waals surface area contributed by atoms with Crippen LogP contribution in [-0.2, 0) is 0 Å². The van der Waals surface area contributed by atoms with E-state index in [1.54, 1.807) is 11.4 Å². The number of hydrogen-bond acceptors (Lipinski definition) is 5. The zero-order chi connectivity index (χ0) is 11.3. The Morgan fingerprint density at radius 2 is 2.06 bits per heavy atom. The molecule has 3 rings (SSSR count). The fourth-order valence-corrected chi connectivity index (χ4v) is 2.52. The van der Waals surface area contributed by atoms with Crippen LogP contribution in [0.1, 0.15) is 0 Å². The summed E-state index contributed by atoms with van der Waals surface area (Å²) in [5, 5.41) is 21.9. The maximum absolute atomic E-state index is 11.6. The second-order valence-corrected chi connectivity index (χ2v) is 4.31. The van der Waals surface area contributed by atoms with Crippen LogP contribution in [0, 0.1) is 0 Å². The van der Waals surface area contributed by atoms with Gasteiger partial charge in [0.2, 0.25) is 0 Å². The number of fused-ring (bicyclic) bond motifs is 3. The highest BCUT2D eigenvalue weighted by Crippen LogP contribution is 2.35. The number of phenolic OH excluding ortho intramolecular Hbond substituents is 2. The van der Waals surface area contributed by atoms with E-state index in [0.29, 0.717) is 15.5 Å². The van der Waals surface area contributed by atoms with Crippen molar-refractivity contribution >= 4 is 32.4 Å². The van der Waals surface area contributed by atoms with Crippen LogP contribution in [0.4, 0.5) is 0 Å². The molecular formula is C11H6O4S. The number of benzene rings is 1. The summed E-state index contributed by atoms with van der Waals surface area (Å²) in [7, 11) is 0. The summed E-state index contributed by atoms with van der Waals surface area (Å²) in [6.45, 7) is 0. The van der Waals surface area contributed by atoms with E-state index in [9.17, 15) is 15.0 Å². The number of hydrogen-bond donors (Lipinski definition) is 2. The molecule has 1 aromatic carbocycles. The van der Waals surface area contributed by atoms with E-state index in [1.165, 1.54) is 23.5 Å². The van der Waals surface area contributed by atoms with E-state index in [0.717, 1.165) is 0 Å². The van der Waals surface area contributed by atoms with E-state index in [-0.39, 0.29) is 17.1 Å². The average molecular weight is 234 g/mol. The zero-order valence-corrected chi connectivity index (χ0v) is 8.75. The van der Waals surface area contributed by atoms with Crippen molar-refractivity contribution in [2.45, 2.75) is 0 Å². The van der Waals surface area contributed by atoms with Gasteiger partial charge in [0.15, 0.2) is 0 Å². The van der Waals surface area contributed by atoms with Gasteiger partial charge in [0.1, 0.15) is 21.8 Å². The lowest BCUT2D eigenvalue weighted by Crippen LogP contribution is -1.96. The fraction of sp³-hybridized carbons (Fsp3) is 0. The molecule has 2 N–H and O–H groups in total. The Balaban J connectivity index is 2.70. The van der Waals surface area contributed by atoms with Gasteiger partial charge in [0.25, 0.3) is 0 Å². The Bertz CT molecular complexity index is 754. The maximum Gasteiger partial charge on any atom is 0.354 e. The van der Waals surface area contributed by atoms with Gasteiger partial charge < -0.3 is 14.6 Å². The highest BCUT2D eigenvalue weighted by Gasteiger charge is 2.12. The molecule has 0 unspecified atom stereocenters. The highest BCUT2D eigenvalue weighted by atomic mass is 32.1. The van der Waals surface area contributed by atoms with Gasteiger partial charge in [-0.2, -0.15) is 0 Å². The Labute approximate surface area is 93.0 Å². The first kappa shape index (κ1) is 9.23. The lowest BCUT2D eigenvalue weighted by atomic mass is 10.1. The van der Waals surface area contributed by atoms with Gasteiger partial charge in [-0.15, -0.1) is 11.3 Å². The molecule has 0 aliphatic heterocycles. The third-order valence-electron chi connectivity index (χ3n) is 2.39. The van der Waals surface area contributed by atoms with Crippen molar-refractivity contribution in [1.82, 2.24) is 0 Å². The van der Waals surface area contributed by atoms with Crippen molar-refractivity contribution in [1.29, 1.82) is 0 Å². The monoisotopic (exact) mass is 234 g/mol. The zero-order valence-electron chi connectivity index (χ0n) is 7.93. The number of phenols is 2. The molecule has 16 heavy (non-hydrogen) atoms. The average Bonchev–Trinajstić information content (AvgIpc) is 2.65. The Morgan fingerprint density at radius 3 is 2.88 bits per heavy atom. The first-order chi connectivity index (χ1) is 7.66. The topological polar surface area (TPSA) is 70.7 Å². The van der Waals surface area contributed by atoms with Crippen LogP contribution in [0.3, 0.4) is 0 Å². The minimum Gasteiger partial charge on any atom is -0.508 e. The van der Waals surface area contributed by atoms with Crippen molar-refractivity contribution in [3.05, 3.63) is 34.0 Å². The third kappa shape index (κ3) is 1.12. The van der Waals surface area contributed by atoms with E-state index in [1.807, 2.05) is 0 Å². The third-order valence-corrected chi connectivity index (χ3v) is 3.28. The molecule has 2 aromatic heterocycles. The molecule has 0 bridgehead atoms. The van der Waals surface area contributed by atoms with Crippen LogP contribution in [-0.4, -0.2) is 10.2 Å². The van der Waals surface area contributed by atoms with Gasteiger partial charge in [0, 0.05) is 17.5 Å². The van der Waals surface area contributed by atoms with Crippen molar-refractivity contribution < 1.29 is 14.6 Å². The lowest BCUT2D eigenvalue weighted by Gasteiger charge is -2.02. The molecule has 0 spiro atoms. The summed E-state index contributed by atoms with van der Waals surface area (Å²) in [6.07, 6.45) is 0. The summed E-state index contributed by atoms with van der Waals surface area (Å²) < 4.78 is 5.50. The van der Waals surface area contributed by atoms with Crippen LogP contribution in [0.25, 0.3) is 21.1 Å². The van der Waals surface area contributed by atoms with Crippen LogP contribution in [0.5, 0.6) is 11.5 Å². The highest BCUT2D eigenvalue weighted by molar-refractivity contribution is 7.17. The summed E-state index contributed by atoms with van der Waals surface area (Å²) in [4.78, 5) is 11.6. The van der Waals surface area contributed by atoms with Gasteiger partial charge in [-0.1, -0.05) is 0 Å². The second-order valence-electron chi connectivity index (χ2n) is 3.39. The number of thiophene rings is 1. The van der Waals surface area contributed by atoms with Gasteiger partial charge in [-0.3, -0.25) is 0 Å². The maximum atomic E-state index is 11.6. The molecule has 2 heterocycles. The summed E-state index contributed by atoms with van der Waals surface area (Å²) in [6, 6.07) is 4.28. The predicted molar refractivity (Wildman–Crippen MR) is 61.2 cm³/mol. The van der Waals surface area contributed by atoms with E-state index >= 15 is 0 Å².